The normalized spacial score (nSPS) is 15.7. The highest BCUT2D eigenvalue weighted by atomic mass is 35.5. The van der Waals surface area contributed by atoms with Crippen molar-refractivity contribution in [1.29, 1.82) is 0 Å². The third-order valence-corrected chi connectivity index (χ3v) is 3.99. The molecule has 0 aliphatic heterocycles. The first-order valence-electron chi connectivity index (χ1n) is 6.91. The molecule has 0 unspecified atom stereocenters. The van der Waals surface area contributed by atoms with E-state index in [1.807, 2.05) is 0 Å². The van der Waals surface area contributed by atoms with E-state index in [1.165, 1.54) is 6.42 Å². The van der Waals surface area contributed by atoms with Crippen LogP contribution in [0.25, 0.3) is 0 Å². The molecule has 108 valence electrons. The molecule has 1 aliphatic carbocycles. The van der Waals surface area contributed by atoms with E-state index in [9.17, 15) is 9.59 Å². The average molecular weight is 295 g/mol. The summed E-state index contributed by atoms with van der Waals surface area (Å²) in [6.45, 7) is 0. The van der Waals surface area contributed by atoms with Gasteiger partial charge in [-0.3, -0.25) is 9.59 Å². The van der Waals surface area contributed by atoms with Crippen LogP contribution in [0.15, 0.2) is 24.3 Å². The standard InChI is InChI=1S/C15H19ClN2O2/c1-18(13-5-3-2-4-6-13)15(20)14(19)17-12-9-7-11(16)8-10-12/h7-10,13H,2-6H2,1H3,(H,17,19). The van der Waals surface area contributed by atoms with Crippen molar-refractivity contribution < 1.29 is 9.59 Å². The van der Waals surface area contributed by atoms with Crippen molar-refractivity contribution in [3.05, 3.63) is 29.3 Å². The van der Waals surface area contributed by atoms with Crippen molar-refractivity contribution in [3.8, 4) is 0 Å². The average Bonchev–Trinajstić information content (AvgIpc) is 2.49. The van der Waals surface area contributed by atoms with Crippen molar-refractivity contribution in [2.24, 2.45) is 0 Å². The summed E-state index contributed by atoms with van der Waals surface area (Å²) in [6.07, 6.45) is 5.44. The molecule has 1 saturated carbocycles. The van der Waals surface area contributed by atoms with Gasteiger partial charge in [0.15, 0.2) is 0 Å². The van der Waals surface area contributed by atoms with Gasteiger partial charge in [0.1, 0.15) is 0 Å². The van der Waals surface area contributed by atoms with Crippen LogP contribution in [0.1, 0.15) is 32.1 Å². The van der Waals surface area contributed by atoms with Crippen LogP contribution in [0, 0.1) is 0 Å². The van der Waals surface area contributed by atoms with Crippen LogP contribution in [0.4, 0.5) is 5.69 Å². The zero-order valence-electron chi connectivity index (χ0n) is 11.6. The molecule has 4 nitrogen and oxygen atoms in total. The second kappa shape index (κ2) is 6.75. The number of anilines is 1. The first-order chi connectivity index (χ1) is 9.58. The maximum Gasteiger partial charge on any atom is 0.313 e. The molecule has 20 heavy (non-hydrogen) atoms. The minimum Gasteiger partial charge on any atom is -0.335 e. The van der Waals surface area contributed by atoms with E-state index >= 15 is 0 Å². The van der Waals surface area contributed by atoms with Gasteiger partial charge in [0, 0.05) is 23.8 Å². The fourth-order valence-electron chi connectivity index (χ4n) is 2.51. The summed E-state index contributed by atoms with van der Waals surface area (Å²) >= 11 is 5.77. The monoisotopic (exact) mass is 294 g/mol. The van der Waals surface area contributed by atoms with E-state index in [2.05, 4.69) is 5.32 Å². The van der Waals surface area contributed by atoms with Crippen molar-refractivity contribution in [2.75, 3.05) is 12.4 Å². The lowest BCUT2D eigenvalue weighted by Gasteiger charge is -2.30. The first-order valence-corrected chi connectivity index (χ1v) is 7.29. The van der Waals surface area contributed by atoms with Gasteiger partial charge in [-0.25, -0.2) is 0 Å². The van der Waals surface area contributed by atoms with Gasteiger partial charge in [-0.2, -0.15) is 0 Å². The smallest absolute Gasteiger partial charge is 0.313 e. The number of carbonyl (C=O) groups excluding carboxylic acids is 2. The van der Waals surface area contributed by atoms with Gasteiger partial charge in [-0.05, 0) is 37.1 Å². The zero-order chi connectivity index (χ0) is 14.5. The van der Waals surface area contributed by atoms with Crippen LogP contribution in [0.3, 0.4) is 0 Å². The topological polar surface area (TPSA) is 49.4 Å². The van der Waals surface area contributed by atoms with Gasteiger partial charge in [0.05, 0.1) is 0 Å². The van der Waals surface area contributed by atoms with Crippen molar-refractivity contribution >= 4 is 29.1 Å². The molecule has 0 spiro atoms. The van der Waals surface area contributed by atoms with Gasteiger partial charge in [-0.1, -0.05) is 30.9 Å². The number of halogens is 1. The van der Waals surface area contributed by atoms with Crippen molar-refractivity contribution in [2.45, 2.75) is 38.1 Å². The molecule has 0 saturated heterocycles. The molecular formula is C15H19ClN2O2. The predicted molar refractivity (Wildman–Crippen MR) is 79.7 cm³/mol. The van der Waals surface area contributed by atoms with E-state index in [0.717, 1.165) is 25.7 Å². The molecular weight excluding hydrogens is 276 g/mol. The molecule has 0 atom stereocenters. The Bertz CT molecular complexity index is 481. The van der Waals surface area contributed by atoms with E-state index < -0.39 is 11.8 Å². The first kappa shape index (κ1) is 14.9. The lowest BCUT2D eigenvalue weighted by Crippen LogP contribution is -2.44. The summed E-state index contributed by atoms with van der Waals surface area (Å²) in [5.41, 5.74) is 0.574. The Kier molecular flexibility index (Phi) is 5.01. The summed E-state index contributed by atoms with van der Waals surface area (Å²) in [5, 5.41) is 3.19. The number of hydrogen-bond donors (Lipinski definition) is 1. The van der Waals surface area contributed by atoms with Crippen LogP contribution in [0.2, 0.25) is 5.02 Å². The number of likely N-dealkylation sites (N-methyl/N-ethyl adjacent to an activating group) is 1. The summed E-state index contributed by atoms with van der Waals surface area (Å²) in [4.78, 5) is 25.6. The van der Waals surface area contributed by atoms with Gasteiger partial charge < -0.3 is 10.2 Å². The molecule has 2 rings (SSSR count). The molecule has 1 aliphatic rings. The molecule has 1 N–H and O–H groups in total. The number of nitrogens with one attached hydrogen (secondary N) is 1. The summed E-state index contributed by atoms with van der Waals surface area (Å²) in [7, 11) is 1.71. The van der Waals surface area contributed by atoms with E-state index in [4.69, 9.17) is 11.6 Å². The number of carbonyl (C=O) groups is 2. The Morgan fingerprint density at radius 1 is 1.15 bits per heavy atom. The number of nitrogens with zero attached hydrogens (tertiary/aromatic N) is 1. The van der Waals surface area contributed by atoms with Gasteiger partial charge in [-0.15, -0.1) is 0 Å². The molecule has 2 amide bonds. The fourth-order valence-corrected chi connectivity index (χ4v) is 2.64. The second-order valence-corrected chi connectivity index (χ2v) is 5.61. The molecule has 1 fully saturated rings. The molecule has 5 heteroatoms. The summed E-state index contributed by atoms with van der Waals surface area (Å²) in [5.74, 6) is -1.08. The van der Waals surface area contributed by atoms with Crippen molar-refractivity contribution in [1.82, 2.24) is 4.90 Å². The molecule has 0 heterocycles. The maximum atomic E-state index is 12.1. The number of benzene rings is 1. The van der Waals surface area contributed by atoms with Crippen LogP contribution in [0.5, 0.6) is 0 Å². The summed E-state index contributed by atoms with van der Waals surface area (Å²) < 4.78 is 0. The van der Waals surface area contributed by atoms with Crippen LogP contribution < -0.4 is 5.32 Å². The Hall–Kier alpha value is -1.55. The Morgan fingerprint density at radius 3 is 2.35 bits per heavy atom. The maximum absolute atomic E-state index is 12.1. The SMILES string of the molecule is CN(C(=O)C(=O)Nc1ccc(Cl)cc1)C1CCCCC1. The lowest BCUT2D eigenvalue weighted by atomic mass is 9.94. The highest BCUT2D eigenvalue weighted by molar-refractivity contribution is 6.39. The van der Waals surface area contributed by atoms with Crippen molar-refractivity contribution in [3.63, 3.8) is 0 Å². The molecule has 1 aromatic carbocycles. The second-order valence-electron chi connectivity index (χ2n) is 5.17. The quantitative estimate of drug-likeness (QED) is 0.852. The van der Waals surface area contributed by atoms with Gasteiger partial charge in [0.25, 0.3) is 0 Å². The number of amides is 2. The van der Waals surface area contributed by atoms with E-state index in [0.29, 0.717) is 10.7 Å². The molecule has 0 aromatic heterocycles. The van der Waals surface area contributed by atoms with Crippen LogP contribution in [-0.2, 0) is 9.59 Å². The zero-order valence-corrected chi connectivity index (χ0v) is 12.3. The molecule has 0 radical (unpaired) electrons. The lowest BCUT2D eigenvalue weighted by molar-refractivity contribution is -0.144. The highest BCUT2D eigenvalue weighted by Gasteiger charge is 2.26. The van der Waals surface area contributed by atoms with E-state index in [-0.39, 0.29) is 6.04 Å². The molecule has 0 bridgehead atoms. The fraction of sp³-hybridized carbons (Fsp3) is 0.467. The Morgan fingerprint density at radius 2 is 1.75 bits per heavy atom. The Labute approximate surface area is 124 Å². The van der Waals surface area contributed by atoms with E-state index in [1.54, 1.807) is 36.2 Å². The van der Waals surface area contributed by atoms with Crippen LogP contribution in [-0.4, -0.2) is 29.8 Å². The third kappa shape index (κ3) is 3.73. The van der Waals surface area contributed by atoms with Gasteiger partial charge in [0.2, 0.25) is 0 Å². The number of rotatable bonds is 2. The molecule has 1 aromatic rings. The van der Waals surface area contributed by atoms with Crippen LogP contribution >= 0.6 is 11.6 Å². The number of hydrogen-bond acceptors (Lipinski definition) is 2. The minimum atomic E-state index is -0.597. The van der Waals surface area contributed by atoms with Gasteiger partial charge >= 0.3 is 11.8 Å². The highest BCUT2D eigenvalue weighted by Crippen LogP contribution is 2.22. The third-order valence-electron chi connectivity index (χ3n) is 3.74. The summed E-state index contributed by atoms with van der Waals surface area (Å²) in [6, 6.07) is 6.88. The largest absolute Gasteiger partial charge is 0.335 e. The predicted octanol–water partition coefficient (Wildman–Crippen LogP) is 3.07. The Balaban J connectivity index is 1.93. The minimum absolute atomic E-state index is 0.187.